The number of nitrogens with zero attached hydrogens (tertiary/aromatic N) is 1. The van der Waals surface area contributed by atoms with Crippen molar-refractivity contribution in [2.75, 3.05) is 13.7 Å². The summed E-state index contributed by atoms with van der Waals surface area (Å²) >= 11 is 0. The topological polar surface area (TPSA) is 179 Å². The smallest absolute Gasteiger partial charge is 0.303 e. The molecule has 0 spiro atoms. The van der Waals surface area contributed by atoms with E-state index in [2.05, 4.69) is 5.32 Å². The number of carbonyl (C=O) groups excluding carboxylic acids is 4. The number of nitro groups is 1. The van der Waals surface area contributed by atoms with Gasteiger partial charge in [0.1, 0.15) is 18.8 Å². The number of rotatable bonds is 10. The third-order valence-electron chi connectivity index (χ3n) is 4.89. The van der Waals surface area contributed by atoms with Crippen molar-refractivity contribution >= 4 is 29.9 Å². The number of hydrogen-bond donors (Lipinski definition) is 1. The first-order chi connectivity index (χ1) is 17.4. The van der Waals surface area contributed by atoms with Gasteiger partial charge in [-0.15, -0.1) is 0 Å². The van der Waals surface area contributed by atoms with Gasteiger partial charge in [0.15, 0.2) is 23.7 Å². The predicted molar refractivity (Wildman–Crippen MR) is 124 cm³/mol. The number of esters is 3. The van der Waals surface area contributed by atoms with E-state index in [0.29, 0.717) is 5.56 Å². The molecule has 5 atom stereocenters. The standard InChI is InChI=1S/C23H28N2O12/c1-12(26)24-20-22(35-15(4)29)21(34-14(3)28)19(11-33-13(2)27)37-23(20)36-17-7-6-16(8-9-25(30)31)10-18(17)32-5/h6-10,19-23H,11H2,1-5H3,(H,24,26)/t19-,20-,21-,22-,23-/m1/s1. The molecule has 1 aliphatic rings. The number of methoxy groups -OCH3 is 1. The number of benzene rings is 1. The Morgan fingerprint density at radius 1 is 1.03 bits per heavy atom. The van der Waals surface area contributed by atoms with Crippen molar-refractivity contribution in [1.82, 2.24) is 5.32 Å². The Labute approximate surface area is 211 Å². The summed E-state index contributed by atoms with van der Waals surface area (Å²) in [5.74, 6) is -2.39. The van der Waals surface area contributed by atoms with Crippen LogP contribution in [-0.2, 0) is 38.1 Å². The Hall–Kier alpha value is -4.20. The van der Waals surface area contributed by atoms with Crippen LogP contribution in [0.15, 0.2) is 24.4 Å². The second-order valence-electron chi connectivity index (χ2n) is 7.85. The Morgan fingerprint density at radius 3 is 2.22 bits per heavy atom. The van der Waals surface area contributed by atoms with Crippen molar-refractivity contribution in [3.05, 3.63) is 40.1 Å². The van der Waals surface area contributed by atoms with Crippen LogP contribution in [0.2, 0.25) is 0 Å². The first-order valence-electron chi connectivity index (χ1n) is 11.0. The molecule has 1 aromatic rings. The molecule has 0 radical (unpaired) electrons. The average molecular weight is 524 g/mol. The maximum Gasteiger partial charge on any atom is 0.303 e. The highest BCUT2D eigenvalue weighted by Crippen LogP contribution is 2.34. The first-order valence-corrected chi connectivity index (χ1v) is 11.0. The van der Waals surface area contributed by atoms with Crippen LogP contribution in [-0.4, -0.2) is 73.1 Å². The maximum atomic E-state index is 12.0. The average Bonchev–Trinajstić information content (AvgIpc) is 2.79. The summed E-state index contributed by atoms with van der Waals surface area (Å²) in [6, 6.07) is 3.24. The lowest BCUT2D eigenvalue weighted by Gasteiger charge is -2.44. The Balaban J connectivity index is 2.50. The summed E-state index contributed by atoms with van der Waals surface area (Å²) in [6.07, 6.45) is -3.06. The van der Waals surface area contributed by atoms with Crippen molar-refractivity contribution < 1.29 is 52.5 Å². The van der Waals surface area contributed by atoms with Crippen molar-refractivity contribution in [3.63, 3.8) is 0 Å². The van der Waals surface area contributed by atoms with Gasteiger partial charge in [-0.05, 0) is 17.7 Å². The molecule has 2 rings (SSSR count). The zero-order valence-corrected chi connectivity index (χ0v) is 20.8. The van der Waals surface area contributed by atoms with Crippen LogP contribution in [0.5, 0.6) is 11.5 Å². The highest BCUT2D eigenvalue weighted by molar-refractivity contribution is 5.73. The summed E-state index contributed by atoms with van der Waals surface area (Å²) < 4.78 is 33.1. The lowest BCUT2D eigenvalue weighted by atomic mass is 9.96. The molecule has 0 bridgehead atoms. The van der Waals surface area contributed by atoms with Crippen LogP contribution in [0.4, 0.5) is 0 Å². The molecule has 1 aromatic carbocycles. The monoisotopic (exact) mass is 524 g/mol. The second-order valence-corrected chi connectivity index (χ2v) is 7.85. The van der Waals surface area contributed by atoms with Gasteiger partial charge < -0.3 is 33.7 Å². The van der Waals surface area contributed by atoms with E-state index in [0.717, 1.165) is 20.0 Å². The van der Waals surface area contributed by atoms with Gasteiger partial charge in [0.25, 0.3) is 0 Å². The van der Waals surface area contributed by atoms with E-state index in [1.54, 1.807) is 0 Å². The molecular weight excluding hydrogens is 496 g/mol. The number of carbonyl (C=O) groups is 4. The van der Waals surface area contributed by atoms with Crippen LogP contribution in [0.25, 0.3) is 6.08 Å². The molecule has 0 saturated carbocycles. The van der Waals surface area contributed by atoms with E-state index in [4.69, 9.17) is 28.4 Å². The second kappa shape index (κ2) is 13.2. The van der Waals surface area contributed by atoms with E-state index in [-0.39, 0.29) is 18.1 Å². The van der Waals surface area contributed by atoms with Gasteiger partial charge in [0, 0.05) is 33.8 Å². The summed E-state index contributed by atoms with van der Waals surface area (Å²) in [7, 11) is 1.35. The molecule has 1 amide bonds. The zero-order chi connectivity index (χ0) is 27.7. The zero-order valence-electron chi connectivity index (χ0n) is 20.8. The van der Waals surface area contributed by atoms with E-state index < -0.39 is 59.4 Å². The highest BCUT2D eigenvalue weighted by atomic mass is 16.7. The molecule has 37 heavy (non-hydrogen) atoms. The highest BCUT2D eigenvalue weighted by Gasteiger charge is 2.52. The van der Waals surface area contributed by atoms with Crippen molar-refractivity contribution in [2.24, 2.45) is 0 Å². The van der Waals surface area contributed by atoms with Crippen LogP contribution < -0.4 is 14.8 Å². The molecule has 0 aromatic heterocycles. The quantitative estimate of drug-likeness (QED) is 0.199. The van der Waals surface area contributed by atoms with Crippen molar-refractivity contribution in [2.45, 2.75) is 58.3 Å². The number of hydrogen-bond acceptors (Lipinski definition) is 12. The lowest BCUT2D eigenvalue weighted by molar-refractivity contribution is -0.400. The third kappa shape index (κ3) is 8.75. The summed E-state index contributed by atoms with van der Waals surface area (Å²) in [5.41, 5.74) is 0.435. The fourth-order valence-corrected chi connectivity index (χ4v) is 3.55. The molecule has 0 unspecified atom stereocenters. The van der Waals surface area contributed by atoms with E-state index in [1.807, 2.05) is 0 Å². The first kappa shape index (κ1) is 29.0. The Morgan fingerprint density at radius 2 is 1.68 bits per heavy atom. The largest absolute Gasteiger partial charge is 0.493 e. The van der Waals surface area contributed by atoms with Gasteiger partial charge in [-0.2, -0.15) is 0 Å². The maximum absolute atomic E-state index is 12.0. The molecule has 1 heterocycles. The fraction of sp³-hybridized carbons (Fsp3) is 0.478. The van der Waals surface area contributed by atoms with Crippen molar-refractivity contribution in [3.8, 4) is 11.5 Å². The summed E-state index contributed by atoms with van der Waals surface area (Å²) in [6.45, 7) is 4.25. The predicted octanol–water partition coefficient (Wildman–Crippen LogP) is 0.978. The summed E-state index contributed by atoms with van der Waals surface area (Å²) in [4.78, 5) is 57.3. The SMILES string of the molecule is COc1cc(C=C[N+](=O)[O-])ccc1O[C@@H]1O[C@H](COC(C)=O)[C@@H](OC(C)=O)[C@H](OC(C)=O)[C@H]1NC(C)=O. The number of amides is 1. The van der Waals surface area contributed by atoms with Crippen molar-refractivity contribution in [1.29, 1.82) is 0 Å². The van der Waals surface area contributed by atoms with Gasteiger partial charge in [-0.1, -0.05) is 6.07 Å². The fourth-order valence-electron chi connectivity index (χ4n) is 3.55. The van der Waals surface area contributed by atoms with E-state index >= 15 is 0 Å². The van der Waals surface area contributed by atoms with E-state index in [9.17, 15) is 29.3 Å². The van der Waals surface area contributed by atoms with E-state index in [1.165, 1.54) is 45.2 Å². The van der Waals surface area contributed by atoms with Gasteiger partial charge in [-0.25, -0.2) is 0 Å². The molecule has 14 nitrogen and oxygen atoms in total. The minimum Gasteiger partial charge on any atom is -0.493 e. The molecule has 1 N–H and O–H groups in total. The van der Waals surface area contributed by atoms with Crippen LogP contribution in [0.1, 0.15) is 33.3 Å². The molecule has 1 aliphatic heterocycles. The van der Waals surface area contributed by atoms with Crippen LogP contribution in [0, 0.1) is 10.1 Å². The molecular formula is C23H28N2O12. The normalized spacial score (nSPS) is 23.0. The molecule has 1 fully saturated rings. The number of ether oxygens (including phenoxy) is 6. The number of nitrogens with one attached hydrogen (secondary N) is 1. The van der Waals surface area contributed by atoms with Crippen LogP contribution >= 0.6 is 0 Å². The van der Waals surface area contributed by atoms with Gasteiger partial charge in [0.2, 0.25) is 18.4 Å². The Kier molecular flexibility index (Phi) is 10.4. The minimum atomic E-state index is -1.35. The third-order valence-corrected chi connectivity index (χ3v) is 4.89. The molecule has 202 valence electrons. The van der Waals surface area contributed by atoms with Crippen LogP contribution in [0.3, 0.4) is 0 Å². The van der Waals surface area contributed by atoms with Gasteiger partial charge in [-0.3, -0.25) is 29.3 Å². The molecule has 14 heteroatoms. The lowest BCUT2D eigenvalue weighted by Crippen LogP contribution is -2.67. The van der Waals surface area contributed by atoms with Gasteiger partial charge >= 0.3 is 17.9 Å². The Bertz CT molecular complexity index is 1060. The van der Waals surface area contributed by atoms with Gasteiger partial charge in [0.05, 0.1) is 12.0 Å². The minimum absolute atomic E-state index is 0.111. The summed E-state index contributed by atoms with van der Waals surface area (Å²) in [5, 5.41) is 13.2. The molecule has 0 aliphatic carbocycles. The molecule has 1 saturated heterocycles.